The third-order valence-corrected chi connectivity index (χ3v) is 4.08. The van der Waals surface area contributed by atoms with Crippen molar-refractivity contribution < 1.29 is 19.1 Å². The van der Waals surface area contributed by atoms with Crippen LogP contribution in [0.25, 0.3) is 0 Å². The summed E-state index contributed by atoms with van der Waals surface area (Å²) >= 11 is 0. The average Bonchev–Trinajstić information content (AvgIpc) is 2.61. The predicted octanol–water partition coefficient (Wildman–Crippen LogP) is 3.73. The van der Waals surface area contributed by atoms with E-state index in [0.29, 0.717) is 6.42 Å². The highest BCUT2D eigenvalue weighted by molar-refractivity contribution is 5.94. The number of aryl methyl sites for hydroxylation is 4. The quantitative estimate of drug-likeness (QED) is 0.769. The lowest BCUT2D eigenvalue weighted by Gasteiger charge is -2.13. The summed E-state index contributed by atoms with van der Waals surface area (Å²) < 4.78 is 10.2. The van der Waals surface area contributed by atoms with E-state index in [0.717, 1.165) is 33.7 Å². The minimum atomic E-state index is -0.395. The highest BCUT2D eigenvalue weighted by Crippen LogP contribution is 2.21. The summed E-state index contributed by atoms with van der Waals surface area (Å²) in [4.78, 5) is 23.9. The summed E-state index contributed by atoms with van der Waals surface area (Å²) in [6.07, 6.45) is 0.781. The van der Waals surface area contributed by atoms with Gasteiger partial charge in [0.05, 0.1) is 7.11 Å². The number of hydrogen-bond acceptors (Lipinski definition) is 4. The summed E-state index contributed by atoms with van der Waals surface area (Å²) in [5.74, 6) is 0.0425. The van der Waals surface area contributed by atoms with Gasteiger partial charge in [-0.25, -0.2) is 0 Å². The Bertz CT molecular complexity index is 758. The SMILES string of the molecule is COc1ccc(CCC(=O)OCC(=O)Nc2c(C)cc(C)cc2C)cc1. The molecule has 0 aliphatic heterocycles. The van der Waals surface area contributed by atoms with Gasteiger partial charge in [-0.15, -0.1) is 0 Å². The van der Waals surface area contributed by atoms with Gasteiger partial charge in [0.15, 0.2) is 6.61 Å². The molecular weight excluding hydrogens is 330 g/mol. The number of carbonyl (C=O) groups excluding carboxylic acids is 2. The molecule has 26 heavy (non-hydrogen) atoms. The number of nitrogens with one attached hydrogen (secondary N) is 1. The van der Waals surface area contributed by atoms with Gasteiger partial charge in [-0.05, 0) is 56.0 Å². The van der Waals surface area contributed by atoms with E-state index in [4.69, 9.17) is 9.47 Å². The number of rotatable bonds is 7. The third kappa shape index (κ3) is 5.62. The number of benzene rings is 2. The fourth-order valence-electron chi connectivity index (χ4n) is 2.81. The van der Waals surface area contributed by atoms with Gasteiger partial charge in [-0.1, -0.05) is 29.8 Å². The van der Waals surface area contributed by atoms with E-state index in [9.17, 15) is 9.59 Å². The van der Waals surface area contributed by atoms with Crippen LogP contribution in [-0.2, 0) is 20.7 Å². The normalized spacial score (nSPS) is 10.3. The molecule has 1 N–H and O–H groups in total. The second-order valence-electron chi connectivity index (χ2n) is 6.33. The van der Waals surface area contributed by atoms with Crippen molar-refractivity contribution >= 4 is 17.6 Å². The molecule has 0 saturated carbocycles. The van der Waals surface area contributed by atoms with Gasteiger partial charge in [-0.2, -0.15) is 0 Å². The van der Waals surface area contributed by atoms with E-state index in [2.05, 4.69) is 5.32 Å². The monoisotopic (exact) mass is 355 g/mol. The highest BCUT2D eigenvalue weighted by Gasteiger charge is 2.11. The largest absolute Gasteiger partial charge is 0.497 e. The molecule has 5 heteroatoms. The Morgan fingerprint density at radius 3 is 2.19 bits per heavy atom. The number of esters is 1. The fraction of sp³-hybridized carbons (Fsp3) is 0.333. The van der Waals surface area contributed by atoms with Crippen molar-refractivity contribution in [2.75, 3.05) is 19.0 Å². The van der Waals surface area contributed by atoms with Crippen molar-refractivity contribution in [2.45, 2.75) is 33.6 Å². The molecule has 5 nitrogen and oxygen atoms in total. The molecule has 0 bridgehead atoms. The Balaban J connectivity index is 1.78. The molecule has 0 unspecified atom stereocenters. The summed E-state index contributed by atoms with van der Waals surface area (Å²) in [5.41, 5.74) is 4.90. The van der Waals surface area contributed by atoms with Crippen molar-refractivity contribution in [3.63, 3.8) is 0 Å². The molecule has 0 heterocycles. The zero-order chi connectivity index (χ0) is 19.1. The molecule has 0 aliphatic rings. The van der Waals surface area contributed by atoms with Crippen LogP contribution in [0.2, 0.25) is 0 Å². The van der Waals surface area contributed by atoms with Crippen LogP contribution in [0.1, 0.15) is 28.7 Å². The first-order chi connectivity index (χ1) is 12.4. The third-order valence-electron chi connectivity index (χ3n) is 4.08. The molecule has 0 aliphatic carbocycles. The first kappa shape index (κ1) is 19.5. The smallest absolute Gasteiger partial charge is 0.306 e. The first-order valence-electron chi connectivity index (χ1n) is 8.55. The molecule has 0 spiro atoms. The Morgan fingerprint density at radius 1 is 1.00 bits per heavy atom. The number of carbonyl (C=O) groups is 2. The molecule has 2 aromatic carbocycles. The van der Waals surface area contributed by atoms with Crippen LogP contribution in [0.4, 0.5) is 5.69 Å². The number of hydrogen-bond donors (Lipinski definition) is 1. The number of amides is 1. The minimum absolute atomic E-state index is 0.224. The number of ether oxygens (including phenoxy) is 2. The molecule has 2 rings (SSSR count). The van der Waals surface area contributed by atoms with Gasteiger partial charge in [0.1, 0.15) is 5.75 Å². The predicted molar refractivity (Wildman–Crippen MR) is 102 cm³/mol. The second kappa shape index (κ2) is 9.04. The lowest BCUT2D eigenvalue weighted by atomic mass is 10.1. The van der Waals surface area contributed by atoms with Crippen molar-refractivity contribution in [2.24, 2.45) is 0 Å². The fourth-order valence-corrected chi connectivity index (χ4v) is 2.81. The Hall–Kier alpha value is -2.82. The number of anilines is 1. The van der Waals surface area contributed by atoms with Crippen LogP contribution in [0.15, 0.2) is 36.4 Å². The van der Waals surface area contributed by atoms with Gasteiger partial charge in [0, 0.05) is 12.1 Å². The van der Waals surface area contributed by atoms with Crippen molar-refractivity contribution in [3.8, 4) is 5.75 Å². The van der Waals surface area contributed by atoms with Gasteiger partial charge in [0.2, 0.25) is 0 Å². The molecule has 0 atom stereocenters. The van der Waals surface area contributed by atoms with Crippen LogP contribution in [0, 0.1) is 20.8 Å². The Kier molecular flexibility index (Phi) is 6.78. The van der Waals surface area contributed by atoms with E-state index in [-0.39, 0.29) is 18.9 Å². The lowest BCUT2D eigenvalue weighted by molar-refractivity contribution is -0.147. The van der Waals surface area contributed by atoms with Gasteiger partial charge in [-0.3, -0.25) is 9.59 Å². The van der Waals surface area contributed by atoms with E-state index in [1.54, 1.807) is 7.11 Å². The zero-order valence-electron chi connectivity index (χ0n) is 15.7. The second-order valence-corrected chi connectivity index (χ2v) is 6.33. The van der Waals surface area contributed by atoms with E-state index in [1.165, 1.54) is 0 Å². The van der Waals surface area contributed by atoms with Gasteiger partial charge < -0.3 is 14.8 Å². The maximum Gasteiger partial charge on any atom is 0.306 e. The van der Waals surface area contributed by atoms with Crippen molar-refractivity contribution in [1.82, 2.24) is 0 Å². The Morgan fingerprint density at radius 2 is 1.62 bits per heavy atom. The molecule has 0 saturated heterocycles. The zero-order valence-corrected chi connectivity index (χ0v) is 15.7. The van der Waals surface area contributed by atoms with E-state index < -0.39 is 5.97 Å². The molecule has 2 aromatic rings. The molecule has 0 fully saturated rings. The number of methoxy groups -OCH3 is 1. The van der Waals surface area contributed by atoms with Crippen LogP contribution in [0.5, 0.6) is 5.75 Å². The van der Waals surface area contributed by atoms with Crippen LogP contribution in [-0.4, -0.2) is 25.6 Å². The standard InChI is InChI=1S/C21H25NO4/c1-14-11-15(2)21(16(3)12-14)22-19(23)13-26-20(24)10-7-17-5-8-18(25-4)9-6-17/h5-6,8-9,11-12H,7,10,13H2,1-4H3,(H,22,23). The maximum absolute atomic E-state index is 12.0. The van der Waals surface area contributed by atoms with Crippen LogP contribution < -0.4 is 10.1 Å². The van der Waals surface area contributed by atoms with Crippen LogP contribution in [0.3, 0.4) is 0 Å². The van der Waals surface area contributed by atoms with E-state index in [1.807, 2.05) is 57.2 Å². The highest BCUT2D eigenvalue weighted by atomic mass is 16.5. The molecule has 0 radical (unpaired) electrons. The average molecular weight is 355 g/mol. The molecule has 1 amide bonds. The van der Waals surface area contributed by atoms with Gasteiger partial charge in [0.25, 0.3) is 5.91 Å². The Labute approximate surface area is 154 Å². The molecule has 0 aromatic heterocycles. The minimum Gasteiger partial charge on any atom is -0.497 e. The first-order valence-corrected chi connectivity index (χ1v) is 8.55. The topological polar surface area (TPSA) is 64.6 Å². The van der Waals surface area contributed by atoms with Gasteiger partial charge >= 0.3 is 5.97 Å². The van der Waals surface area contributed by atoms with Crippen molar-refractivity contribution in [1.29, 1.82) is 0 Å². The lowest BCUT2D eigenvalue weighted by Crippen LogP contribution is -2.22. The summed E-state index contributed by atoms with van der Waals surface area (Å²) in [6, 6.07) is 11.5. The maximum atomic E-state index is 12.0. The van der Waals surface area contributed by atoms with Crippen LogP contribution >= 0.6 is 0 Å². The van der Waals surface area contributed by atoms with E-state index >= 15 is 0 Å². The molecular formula is C21H25NO4. The van der Waals surface area contributed by atoms with Crippen molar-refractivity contribution in [3.05, 3.63) is 58.7 Å². The summed E-state index contributed by atoms with van der Waals surface area (Å²) in [6.45, 7) is 5.61. The summed E-state index contributed by atoms with van der Waals surface area (Å²) in [7, 11) is 1.61. The molecule has 138 valence electrons. The summed E-state index contributed by atoms with van der Waals surface area (Å²) in [5, 5.41) is 2.82.